The third-order valence-corrected chi connectivity index (χ3v) is 2.54. The first-order chi connectivity index (χ1) is 7.75. The molecular formula is C12H16N4. The van der Waals surface area contributed by atoms with Crippen molar-refractivity contribution in [1.29, 1.82) is 0 Å². The van der Waals surface area contributed by atoms with Crippen LogP contribution in [0.2, 0.25) is 0 Å². The molecule has 1 aromatic heterocycles. The SMILES string of the molecule is CC(NCc1cn(C)nn1)c1ccccc1. The molecule has 1 aromatic carbocycles. The number of nitrogens with one attached hydrogen (secondary N) is 1. The van der Waals surface area contributed by atoms with E-state index in [4.69, 9.17) is 0 Å². The van der Waals surface area contributed by atoms with Crippen LogP contribution < -0.4 is 5.32 Å². The van der Waals surface area contributed by atoms with Crippen LogP contribution in [0, 0.1) is 0 Å². The van der Waals surface area contributed by atoms with Gasteiger partial charge in [0.25, 0.3) is 0 Å². The number of aryl methyl sites for hydroxylation is 1. The van der Waals surface area contributed by atoms with Gasteiger partial charge in [0.2, 0.25) is 0 Å². The molecule has 84 valence electrons. The minimum absolute atomic E-state index is 0.322. The molecule has 0 spiro atoms. The van der Waals surface area contributed by atoms with Crippen LogP contribution in [0.15, 0.2) is 36.5 Å². The van der Waals surface area contributed by atoms with Crippen LogP contribution in [-0.2, 0) is 13.6 Å². The fourth-order valence-electron chi connectivity index (χ4n) is 1.59. The number of benzene rings is 1. The lowest BCUT2D eigenvalue weighted by molar-refractivity contribution is 0.567. The van der Waals surface area contributed by atoms with Gasteiger partial charge in [-0.15, -0.1) is 5.10 Å². The summed E-state index contributed by atoms with van der Waals surface area (Å²) in [6, 6.07) is 10.7. The van der Waals surface area contributed by atoms with Crippen molar-refractivity contribution in [3.8, 4) is 0 Å². The highest BCUT2D eigenvalue weighted by atomic mass is 15.4. The number of hydrogen-bond acceptors (Lipinski definition) is 3. The van der Waals surface area contributed by atoms with Crippen molar-refractivity contribution in [2.24, 2.45) is 7.05 Å². The number of rotatable bonds is 4. The van der Waals surface area contributed by atoms with Gasteiger partial charge in [0.1, 0.15) is 0 Å². The molecule has 0 radical (unpaired) electrons. The third-order valence-electron chi connectivity index (χ3n) is 2.54. The summed E-state index contributed by atoms with van der Waals surface area (Å²) in [4.78, 5) is 0. The fourth-order valence-corrected chi connectivity index (χ4v) is 1.59. The predicted molar refractivity (Wildman–Crippen MR) is 62.7 cm³/mol. The van der Waals surface area contributed by atoms with E-state index in [0.717, 1.165) is 12.2 Å². The Morgan fingerprint density at radius 1 is 1.31 bits per heavy atom. The Morgan fingerprint density at radius 3 is 2.69 bits per heavy atom. The van der Waals surface area contributed by atoms with E-state index in [-0.39, 0.29) is 0 Å². The Balaban J connectivity index is 1.91. The summed E-state index contributed by atoms with van der Waals surface area (Å²) in [5.74, 6) is 0. The van der Waals surface area contributed by atoms with Crippen molar-refractivity contribution < 1.29 is 0 Å². The molecule has 0 bridgehead atoms. The maximum atomic E-state index is 4.03. The van der Waals surface area contributed by atoms with E-state index in [1.54, 1.807) is 4.68 Å². The second-order valence-electron chi connectivity index (χ2n) is 3.90. The molecule has 1 N–H and O–H groups in total. The van der Waals surface area contributed by atoms with Gasteiger partial charge in [0.05, 0.1) is 5.69 Å². The fraction of sp³-hybridized carbons (Fsp3) is 0.333. The molecule has 16 heavy (non-hydrogen) atoms. The molecule has 2 rings (SSSR count). The lowest BCUT2D eigenvalue weighted by atomic mass is 10.1. The van der Waals surface area contributed by atoms with Gasteiger partial charge in [-0.1, -0.05) is 35.5 Å². The molecule has 1 atom stereocenters. The zero-order valence-corrected chi connectivity index (χ0v) is 9.59. The van der Waals surface area contributed by atoms with Crippen LogP contribution >= 0.6 is 0 Å². The zero-order valence-electron chi connectivity index (χ0n) is 9.59. The maximum Gasteiger partial charge on any atom is 0.0964 e. The van der Waals surface area contributed by atoms with Crippen molar-refractivity contribution in [2.45, 2.75) is 19.5 Å². The second kappa shape index (κ2) is 4.90. The number of nitrogens with zero attached hydrogens (tertiary/aromatic N) is 3. The average molecular weight is 216 g/mol. The Morgan fingerprint density at radius 2 is 2.06 bits per heavy atom. The van der Waals surface area contributed by atoms with Gasteiger partial charge >= 0.3 is 0 Å². The predicted octanol–water partition coefficient (Wildman–Crippen LogP) is 1.67. The van der Waals surface area contributed by atoms with Crippen molar-refractivity contribution in [3.05, 3.63) is 47.8 Å². The highest BCUT2D eigenvalue weighted by Gasteiger charge is 2.05. The first-order valence-corrected chi connectivity index (χ1v) is 5.39. The van der Waals surface area contributed by atoms with Crippen LogP contribution in [-0.4, -0.2) is 15.0 Å². The molecule has 0 saturated heterocycles. The Bertz CT molecular complexity index is 435. The molecule has 4 nitrogen and oxygen atoms in total. The van der Waals surface area contributed by atoms with Crippen LogP contribution in [0.4, 0.5) is 0 Å². The minimum Gasteiger partial charge on any atom is -0.304 e. The smallest absolute Gasteiger partial charge is 0.0964 e. The summed E-state index contributed by atoms with van der Waals surface area (Å²) in [7, 11) is 1.87. The summed E-state index contributed by atoms with van der Waals surface area (Å²) < 4.78 is 1.71. The summed E-state index contributed by atoms with van der Waals surface area (Å²) >= 11 is 0. The summed E-state index contributed by atoms with van der Waals surface area (Å²) in [5.41, 5.74) is 2.25. The van der Waals surface area contributed by atoms with Gasteiger partial charge in [0, 0.05) is 25.8 Å². The normalized spacial score (nSPS) is 12.6. The van der Waals surface area contributed by atoms with Crippen LogP contribution in [0.3, 0.4) is 0 Å². The van der Waals surface area contributed by atoms with E-state index in [1.807, 2.05) is 19.3 Å². The summed E-state index contributed by atoms with van der Waals surface area (Å²) in [6.45, 7) is 2.88. The van der Waals surface area contributed by atoms with Gasteiger partial charge in [-0.3, -0.25) is 4.68 Å². The zero-order chi connectivity index (χ0) is 11.4. The molecule has 0 aliphatic rings. The highest BCUT2D eigenvalue weighted by Crippen LogP contribution is 2.11. The van der Waals surface area contributed by atoms with Crippen LogP contribution in [0.5, 0.6) is 0 Å². The molecule has 4 heteroatoms. The molecule has 1 heterocycles. The van der Waals surface area contributed by atoms with E-state index in [2.05, 4.69) is 46.8 Å². The second-order valence-corrected chi connectivity index (χ2v) is 3.90. The first kappa shape index (κ1) is 10.8. The van der Waals surface area contributed by atoms with Gasteiger partial charge in [-0.2, -0.15) is 0 Å². The standard InChI is InChI=1S/C12H16N4/c1-10(11-6-4-3-5-7-11)13-8-12-9-16(2)15-14-12/h3-7,9-10,13H,8H2,1-2H3. The lowest BCUT2D eigenvalue weighted by Crippen LogP contribution is -2.18. The Labute approximate surface area is 95.3 Å². The van der Waals surface area contributed by atoms with Gasteiger partial charge in [0.15, 0.2) is 0 Å². The van der Waals surface area contributed by atoms with Crippen molar-refractivity contribution in [2.75, 3.05) is 0 Å². The molecule has 0 fully saturated rings. The molecule has 2 aromatic rings. The molecule has 0 aliphatic heterocycles. The van der Waals surface area contributed by atoms with Gasteiger partial charge in [-0.25, -0.2) is 0 Å². The number of aromatic nitrogens is 3. The van der Waals surface area contributed by atoms with Crippen molar-refractivity contribution in [1.82, 2.24) is 20.3 Å². The van der Waals surface area contributed by atoms with Crippen LogP contribution in [0.1, 0.15) is 24.2 Å². The monoisotopic (exact) mass is 216 g/mol. The largest absolute Gasteiger partial charge is 0.304 e. The van der Waals surface area contributed by atoms with Gasteiger partial charge < -0.3 is 5.32 Å². The van der Waals surface area contributed by atoms with Crippen molar-refractivity contribution in [3.63, 3.8) is 0 Å². The van der Waals surface area contributed by atoms with Crippen molar-refractivity contribution >= 4 is 0 Å². The van der Waals surface area contributed by atoms with Crippen LogP contribution in [0.25, 0.3) is 0 Å². The summed E-state index contributed by atoms with van der Waals surface area (Å²) in [5, 5.41) is 11.3. The highest BCUT2D eigenvalue weighted by molar-refractivity contribution is 5.18. The lowest BCUT2D eigenvalue weighted by Gasteiger charge is -2.12. The molecular weight excluding hydrogens is 200 g/mol. The quantitative estimate of drug-likeness (QED) is 0.845. The molecule has 1 unspecified atom stereocenters. The summed E-state index contributed by atoms with van der Waals surface area (Å²) in [6.07, 6.45) is 1.92. The maximum absolute atomic E-state index is 4.03. The molecule has 0 saturated carbocycles. The van der Waals surface area contributed by atoms with E-state index >= 15 is 0 Å². The van der Waals surface area contributed by atoms with E-state index in [1.165, 1.54) is 5.56 Å². The van der Waals surface area contributed by atoms with E-state index < -0.39 is 0 Å². The molecule has 0 amide bonds. The minimum atomic E-state index is 0.322. The van der Waals surface area contributed by atoms with E-state index in [9.17, 15) is 0 Å². The Hall–Kier alpha value is -1.68. The topological polar surface area (TPSA) is 42.7 Å². The third kappa shape index (κ3) is 2.67. The molecule has 0 aliphatic carbocycles. The van der Waals surface area contributed by atoms with E-state index in [0.29, 0.717) is 6.04 Å². The average Bonchev–Trinajstić information content (AvgIpc) is 2.73. The Kier molecular flexibility index (Phi) is 3.31. The number of hydrogen-bond donors (Lipinski definition) is 1. The van der Waals surface area contributed by atoms with Gasteiger partial charge in [-0.05, 0) is 12.5 Å². The first-order valence-electron chi connectivity index (χ1n) is 5.39.